The zero-order valence-corrected chi connectivity index (χ0v) is 16.7. The van der Waals surface area contributed by atoms with Crippen molar-refractivity contribution in [1.82, 2.24) is 0 Å². The van der Waals surface area contributed by atoms with E-state index >= 15 is 0 Å². The van der Waals surface area contributed by atoms with Crippen LogP contribution in [0, 0.1) is 5.41 Å². The van der Waals surface area contributed by atoms with Crippen molar-refractivity contribution in [1.29, 1.82) is 0 Å². The molecule has 152 valence electrons. The molecule has 1 N–H and O–H groups in total. The number of anilines is 2. The Kier molecular flexibility index (Phi) is 4.57. The molecule has 2 heterocycles. The zero-order valence-electron chi connectivity index (χ0n) is 15.8. The van der Waals surface area contributed by atoms with Crippen LogP contribution in [0.25, 0.3) is 0 Å². The van der Waals surface area contributed by atoms with Gasteiger partial charge in [0.25, 0.3) is 0 Å². The largest absolute Gasteiger partial charge is 0.471 e. The van der Waals surface area contributed by atoms with Crippen molar-refractivity contribution in [2.75, 3.05) is 10.2 Å². The van der Waals surface area contributed by atoms with Crippen LogP contribution in [0.5, 0.6) is 0 Å². The standard InChI is InChI=1S/C21H19F3N2O2S/c1-20(2)10-13-17(15(27)11-20)18(16-8-5-9-29-16)26(19(28)21(22,23)24)14-7-4-3-6-12(14)25-13/h3-9,18,25H,10-11H2,1-2H3. The summed E-state index contributed by atoms with van der Waals surface area (Å²) in [5.74, 6) is -2.23. The number of rotatable bonds is 1. The zero-order chi connectivity index (χ0) is 21.0. The van der Waals surface area contributed by atoms with Gasteiger partial charge < -0.3 is 5.32 Å². The van der Waals surface area contributed by atoms with Gasteiger partial charge in [-0.25, -0.2) is 0 Å². The van der Waals surface area contributed by atoms with E-state index < -0.39 is 18.1 Å². The minimum atomic E-state index is -5.08. The van der Waals surface area contributed by atoms with Gasteiger partial charge in [0.1, 0.15) is 6.04 Å². The molecule has 1 aliphatic carbocycles. The number of carbonyl (C=O) groups excluding carboxylic acids is 2. The lowest BCUT2D eigenvalue weighted by Gasteiger charge is -2.36. The number of ketones is 1. The first-order valence-corrected chi connectivity index (χ1v) is 10.0. The van der Waals surface area contributed by atoms with Gasteiger partial charge in [0.2, 0.25) is 0 Å². The summed E-state index contributed by atoms with van der Waals surface area (Å²) in [4.78, 5) is 27.0. The highest BCUT2D eigenvalue weighted by molar-refractivity contribution is 7.10. The van der Waals surface area contributed by atoms with Gasteiger partial charge in [0.15, 0.2) is 5.78 Å². The number of amides is 1. The van der Waals surface area contributed by atoms with Crippen LogP contribution in [0.15, 0.2) is 53.0 Å². The fraction of sp³-hybridized carbons (Fsp3) is 0.333. The molecule has 1 atom stereocenters. The average molecular weight is 420 g/mol. The van der Waals surface area contributed by atoms with Crippen LogP contribution in [-0.4, -0.2) is 17.9 Å². The van der Waals surface area contributed by atoms with E-state index in [2.05, 4.69) is 5.32 Å². The van der Waals surface area contributed by atoms with Crippen molar-refractivity contribution in [2.45, 2.75) is 38.9 Å². The molecule has 0 spiro atoms. The Hall–Kier alpha value is -2.61. The molecule has 0 bridgehead atoms. The molecule has 0 radical (unpaired) electrons. The molecular weight excluding hydrogens is 401 g/mol. The van der Waals surface area contributed by atoms with Crippen LogP contribution in [0.4, 0.5) is 24.5 Å². The Labute approximate surface area is 170 Å². The topological polar surface area (TPSA) is 49.4 Å². The SMILES string of the molecule is CC1(C)CC(=O)C2=C(C1)Nc1ccccc1N(C(=O)C(F)(F)F)C2c1cccs1. The number of allylic oxidation sites excluding steroid dienone is 1. The van der Waals surface area contributed by atoms with Crippen LogP contribution in [0.1, 0.15) is 37.6 Å². The Bertz CT molecular complexity index is 1010. The normalized spacial score (nSPS) is 21.2. The highest BCUT2D eigenvalue weighted by Gasteiger charge is 2.50. The fourth-order valence-corrected chi connectivity index (χ4v) is 4.89. The lowest BCUT2D eigenvalue weighted by atomic mass is 9.74. The minimum Gasteiger partial charge on any atom is -0.357 e. The molecule has 1 aromatic carbocycles. The molecule has 0 fully saturated rings. The number of nitrogens with zero attached hydrogens (tertiary/aromatic N) is 1. The van der Waals surface area contributed by atoms with Crippen LogP contribution in [0.2, 0.25) is 0 Å². The van der Waals surface area contributed by atoms with E-state index in [4.69, 9.17) is 0 Å². The van der Waals surface area contributed by atoms with E-state index in [9.17, 15) is 22.8 Å². The van der Waals surface area contributed by atoms with Gasteiger partial charge in [-0.3, -0.25) is 14.5 Å². The number of thiophene rings is 1. The summed E-state index contributed by atoms with van der Waals surface area (Å²) in [6.07, 6.45) is -4.37. The third-order valence-electron chi connectivity index (χ3n) is 5.17. The van der Waals surface area contributed by atoms with Gasteiger partial charge in [0, 0.05) is 22.6 Å². The van der Waals surface area contributed by atoms with E-state index in [-0.39, 0.29) is 28.9 Å². The van der Waals surface area contributed by atoms with Crippen LogP contribution < -0.4 is 10.2 Å². The van der Waals surface area contributed by atoms with Gasteiger partial charge in [-0.05, 0) is 35.4 Å². The van der Waals surface area contributed by atoms with Crippen LogP contribution in [0.3, 0.4) is 0 Å². The molecule has 1 aromatic heterocycles. The maximum absolute atomic E-state index is 13.6. The summed E-state index contributed by atoms with van der Waals surface area (Å²) >= 11 is 1.23. The number of nitrogens with one attached hydrogen (secondary N) is 1. The number of carbonyl (C=O) groups is 2. The van der Waals surface area contributed by atoms with Crippen molar-refractivity contribution in [3.8, 4) is 0 Å². The monoisotopic (exact) mass is 420 g/mol. The minimum absolute atomic E-state index is 0.105. The van der Waals surface area contributed by atoms with E-state index in [1.807, 2.05) is 13.8 Å². The van der Waals surface area contributed by atoms with Crippen molar-refractivity contribution < 1.29 is 22.8 Å². The van der Waals surface area contributed by atoms with Gasteiger partial charge >= 0.3 is 12.1 Å². The van der Waals surface area contributed by atoms with E-state index in [0.717, 1.165) is 4.90 Å². The Morgan fingerprint density at radius 2 is 1.90 bits per heavy atom. The second kappa shape index (κ2) is 6.73. The maximum Gasteiger partial charge on any atom is 0.471 e. The van der Waals surface area contributed by atoms with E-state index in [0.29, 0.717) is 22.7 Å². The summed E-state index contributed by atoms with van der Waals surface area (Å²) in [7, 11) is 0. The van der Waals surface area contributed by atoms with Crippen molar-refractivity contribution in [3.63, 3.8) is 0 Å². The summed E-state index contributed by atoms with van der Waals surface area (Å²) in [6.45, 7) is 3.90. The van der Waals surface area contributed by atoms with Crippen LogP contribution >= 0.6 is 11.3 Å². The molecule has 1 aliphatic heterocycles. The quantitative estimate of drug-likeness (QED) is 0.667. The third-order valence-corrected chi connectivity index (χ3v) is 6.10. The summed E-state index contributed by atoms with van der Waals surface area (Å²) in [5.41, 5.74) is 0.965. The van der Waals surface area contributed by atoms with Crippen molar-refractivity contribution in [2.24, 2.45) is 5.41 Å². The second-order valence-corrected chi connectivity index (χ2v) is 9.05. The molecule has 4 rings (SSSR count). The smallest absolute Gasteiger partial charge is 0.357 e. The molecule has 1 amide bonds. The Balaban J connectivity index is 2.02. The van der Waals surface area contributed by atoms with E-state index in [1.54, 1.807) is 35.7 Å². The number of fused-ring (bicyclic) bond motifs is 1. The Morgan fingerprint density at radius 1 is 1.17 bits per heavy atom. The van der Waals surface area contributed by atoms with Gasteiger partial charge in [-0.1, -0.05) is 32.0 Å². The molecule has 0 saturated carbocycles. The second-order valence-electron chi connectivity index (χ2n) is 8.07. The summed E-state index contributed by atoms with van der Waals surface area (Å²) in [5, 5.41) is 4.91. The highest BCUT2D eigenvalue weighted by Crippen LogP contribution is 2.49. The number of alkyl halides is 3. The highest BCUT2D eigenvalue weighted by atomic mass is 32.1. The lowest BCUT2D eigenvalue weighted by Crippen LogP contribution is -2.45. The van der Waals surface area contributed by atoms with Crippen molar-refractivity contribution >= 4 is 34.4 Å². The molecule has 1 unspecified atom stereocenters. The molecule has 8 heteroatoms. The predicted molar refractivity (Wildman–Crippen MR) is 106 cm³/mol. The first kappa shape index (κ1) is 19.7. The number of hydrogen-bond donors (Lipinski definition) is 1. The Morgan fingerprint density at radius 3 is 2.55 bits per heavy atom. The van der Waals surface area contributed by atoms with Crippen molar-refractivity contribution in [3.05, 3.63) is 57.9 Å². The molecule has 4 nitrogen and oxygen atoms in total. The molecule has 2 aliphatic rings. The average Bonchev–Trinajstić information content (AvgIpc) is 3.09. The first-order chi connectivity index (χ1) is 13.6. The number of Topliss-reactive ketones (excluding diaryl/α,β-unsaturated/α-hetero) is 1. The summed E-state index contributed by atoms with van der Waals surface area (Å²) in [6, 6.07) is 8.61. The fourth-order valence-electron chi connectivity index (χ4n) is 4.06. The van der Waals surface area contributed by atoms with Gasteiger partial charge in [0.05, 0.1) is 11.4 Å². The lowest BCUT2D eigenvalue weighted by molar-refractivity contribution is -0.170. The molecular formula is C21H19F3N2O2S. The maximum atomic E-state index is 13.6. The first-order valence-electron chi connectivity index (χ1n) is 9.14. The summed E-state index contributed by atoms with van der Waals surface area (Å²) < 4.78 is 40.8. The van der Waals surface area contributed by atoms with Gasteiger partial charge in [-0.2, -0.15) is 13.2 Å². The van der Waals surface area contributed by atoms with Crippen LogP contribution in [-0.2, 0) is 9.59 Å². The molecule has 2 aromatic rings. The molecule has 29 heavy (non-hydrogen) atoms. The van der Waals surface area contributed by atoms with Gasteiger partial charge in [-0.15, -0.1) is 11.3 Å². The number of halogens is 3. The third kappa shape index (κ3) is 3.46. The van der Waals surface area contributed by atoms with E-state index in [1.165, 1.54) is 17.4 Å². The number of hydrogen-bond acceptors (Lipinski definition) is 4. The molecule has 0 saturated heterocycles. The number of para-hydroxylation sites is 2. The predicted octanol–water partition coefficient (Wildman–Crippen LogP) is 5.45. The number of benzene rings is 1.